The first-order valence-corrected chi connectivity index (χ1v) is 10.1. The van der Waals surface area contributed by atoms with E-state index in [9.17, 15) is 13.2 Å². The van der Waals surface area contributed by atoms with E-state index in [0.29, 0.717) is 27.6 Å². The molecule has 1 aromatic carbocycles. The van der Waals surface area contributed by atoms with Crippen LogP contribution in [0.2, 0.25) is 5.02 Å². The lowest BCUT2D eigenvalue weighted by molar-refractivity contribution is -0.119. The number of hydrogen-bond donors (Lipinski definition) is 1. The van der Waals surface area contributed by atoms with Gasteiger partial charge < -0.3 is 10.3 Å². The fourth-order valence-corrected chi connectivity index (χ4v) is 3.67. The number of carbonyl (C=O) groups excluding carboxylic acids is 1. The van der Waals surface area contributed by atoms with Gasteiger partial charge in [-0.2, -0.15) is 0 Å². The predicted octanol–water partition coefficient (Wildman–Crippen LogP) is 3.47. The van der Waals surface area contributed by atoms with E-state index in [-0.39, 0.29) is 11.2 Å². The van der Waals surface area contributed by atoms with Crippen LogP contribution >= 0.6 is 11.6 Å². The van der Waals surface area contributed by atoms with E-state index in [1.807, 2.05) is 20.8 Å². The van der Waals surface area contributed by atoms with Crippen molar-refractivity contribution in [1.29, 1.82) is 0 Å². The lowest BCUT2D eigenvalue weighted by Crippen LogP contribution is -2.45. The van der Waals surface area contributed by atoms with Gasteiger partial charge in [0.05, 0.1) is 10.8 Å². The molecule has 142 valence electrons. The van der Waals surface area contributed by atoms with Crippen molar-refractivity contribution in [2.75, 3.05) is 0 Å². The van der Waals surface area contributed by atoms with Gasteiger partial charge >= 0.3 is 0 Å². The number of primary amides is 1. The molecule has 0 bridgehead atoms. The summed E-state index contributed by atoms with van der Waals surface area (Å²) in [6.07, 6.45) is 0. The van der Waals surface area contributed by atoms with Crippen molar-refractivity contribution < 1.29 is 17.7 Å². The van der Waals surface area contributed by atoms with Crippen LogP contribution in [0.25, 0.3) is 11.3 Å². The molecule has 6 nitrogen and oxygen atoms in total. The van der Waals surface area contributed by atoms with E-state index in [4.69, 9.17) is 21.9 Å². The van der Waals surface area contributed by atoms with Gasteiger partial charge in [0, 0.05) is 17.0 Å². The van der Waals surface area contributed by atoms with Crippen molar-refractivity contribution in [3.8, 4) is 11.3 Å². The first kappa shape index (κ1) is 20.5. The summed E-state index contributed by atoms with van der Waals surface area (Å²) in [6.45, 7) is 8.58. The largest absolute Gasteiger partial charge is 0.368 e. The molecule has 0 unspecified atom stereocenters. The standard InChI is InChI=1S/C18H23ClN2O4S/c1-17(2,3)15-9-14(21-25-15)12-8-11(6-7-13(12)19)10-26(23,24)18(4,5)16(20)22/h6-9H,10H2,1-5H3,(H2,20,22). The molecule has 2 N–H and O–H groups in total. The number of rotatable bonds is 5. The SMILES string of the molecule is CC(C)(C)c1cc(-c2cc(CS(=O)(=O)C(C)(C)C(N)=O)ccc2Cl)no1. The van der Waals surface area contributed by atoms with Gasteiger partial charge in [0.2, 0.25) is 5.91 Å². The van der Waals surface area contributed by atoms with Gasteiger partial charge in [-0.3, -0.25) is 4.79 Å². The Hall–Kier alpha value is -1.86. The number of hydrogen-bond acceptors (Lipinski definition) is 5. The van der Waals surface area contributed by atoms with Gasteiger partial charge in [-0.1, -0.05) is 43.6 Å². The number of nitrogens with two attached hydrogens (primary N) is 1. The highest BCUT2D eigenvalue weighted by molar-refractivity contribution is 7.92. The third-order valence-electron chi connectivity index (χ3n) is 4.28. The Balaban J connectivity index is 2.42. The van der Waals surface area contributed by atoms with E-state index >= 15 is 0 Å². The molecule has 0 saturated heterocycles. The van der Waals surface area contributed by atoms with Crippen molar-refractivity contribution in [3.05, 3.63) is 40.6 Å². The van der Waals surface area contributed by atoms with Gasteiger partial charge in [-0.15, -0.1) is 0 Å². The van der Waals surface area contributed by atoms with Crippen LogP contribution in [0.3, 0.4) is 0 Å². The second-order valence-electron chi connectivity index (χ2n) is 7.77. The third-order valence-corrected chi connectivity index (χ3v) is 7.08. The van der Waals surface area contributed by atoms with E-state index in [0.717, 1.165) is 0 Å². The zero-order valence-electron chi connectivity index (χ0n) is 15.5. The molecule has 0 saturated carbocycles. The molecular formula is C18H23ClN2O4S. The smallest absolute Gasteiger partial charge is 0.238 e. The molecule has 0 aliphatic heterocycles. The number of nitrogens with zero attached hydrogens (tertiary/aromatic N) is 1. The average molecular weight is 399 g/mol. The number of aromatic nitrogens is 1. The lowest BCUT2D eigenvalue weighted by Gasteiger charge is -2.21. The highest BCUT2D eigenvalue weighted by atomic mass is 35.5. The van der Waals surface area contributed by atoms with Crippen LogP contribution in [0.5, 0.6) is 0 Å². The monoisotopic (exact) mass is 398 g/mol. The lowest BCUT2D eigenvalue weighted by atomic mass is 9.93. The molecule has 2 rings (SSSR count). The summed E-state index contributed by atoms with van der Waals surface area (Å²) >= 11 is 6.26. The van der Waals surface area contributed by atoms with E-state index in [1.54, 1.807) is 24.3 Å². The van der Waals surface area contributed by atoms with Crippen LogP contribution < -0.4 is 5.73 Å². The fraction of sp³-hybridized carbons (Fsp3) is 0.444. The summed E-state index contributed by atoms with van der Waals surface area (Å²) in [6, 6.07) is 6.63. The maximum absolute atomic E-state index is 12.6. The molecule has 0 atom stereocenters. The molecule has 0 aliphatic carbocycles. The van der Waals surface area contributed by atoms with Gasteiger partial charge in [-0.25, -0.2) is 8.42 Å². The minimum Gasteiger partial charge on any atom is -0.368 e. The second-order valence-corrected chi connectivity index (χ2v) is 10.7. The van der Waals surface area contributed by atoms with Crippen molar-refractivity contribution in [3.63, 3.8) is 0 Å². The Labute approximate surface area is 158 Å². The van der Waals surface area contributed by atoms with Crippen LogP contribution in [0, 0.1) is 0 Å². The Bertz CT molecular complexity index is 940. The van der Waals surface area contributed by atoms with Gasteiger partial charge in [0.1, 0.15) is 16.2 Å². The molecule has 0 fully saturated rings. The van der Waals surface area contributed by atoms with E-state index < -0.39 is 20.5 Å². The Morgan fingerprint density at radius 3 is 2.31 bits per heavy atom. The highest BCUT2D eigenvalue weighted by Crippen LogP contribution is 2.33. The Morgan fingerprint density at radius 1 is 1.19 bits per heavy atom. The van der Waals surface area contributed by atoms with Crippen LogP contribution in [-0.2, 0) is 25.8 Å². The summed E-state index contributed by atoms with van der Waals surface area (Å²) in [5, 5.41) is 4.47. The third kappa shape index (κ3) is 3.94. The molecule has 1 amide bonds. The fourth-order valence-electron chi connectivity index (χ4n) is 2.17. The van der Waals surface area contributed by atoms with Crippen molar-refractivity contribution >= 4 is 27.3 Å². The van der Waals surface area contributed by atoms with Gasteiger partial charge in [-0.05, 0) is 31.5 Å². The zero-order valence-corrected chi connectivity index (χ0v) is 17.0. The molecule has 26 heavy (non-hydrogen) atoms. The quantitative estimate of drug-likeness (QED) is 0.830. The van der Waals surface area contributed by atoms with Crippen LogP contribution in [0.4, 0.5) is 0 Å². The maximum Gasteiger partial charge on any atom is 0.238 e. The summed E-state index contributed by atoms with van der Waals surface area (Å²) in [5.41, 5.74) is 6.59. The van der Waals surface area contributed by atoms with Crippen LogP contribution in [-0.4, -0.2) is 24.2 Å². The summed E-state index contributed by atoms with van der Waals surface area (Å²) in [4.78, 5) is 11.5. The minimum atomic E-state index is -3.80. The number of amides is 1. The highest BCUT2D eigenvalue weighted by Gasteiger charge is 2.40. The molecule has 1 aromatic heterocycles. The normalized spacial score (nSPS) is 13.0. The number of sulfone groups is 1. The van der Waals surface area contributed by atoms with Crippen molar-refractivity contribution in [1.82, 2.24) is 5.16 Å². The van der Waals surface area contributed by atoms with Crippen LogP contribution in [0.15, 0.2) is 28.8 Å². The van der Waals surface area contributed by atoms with E-state index in [1.165, 1.54) is 13.8 Å². The van der Waals surface area contributed by atoms with E-state index in [2.05, 4.69) is 5.16 Å². The van der Waals surface area contributed by atoms with Crippen molar-refractivity contribution in [2.24, 2.45) is 5.73 Å². The predicted molar refractivity (Wildman–Crippen MR) is 102 cm³/mol. The summed E-state index contributed by atoms with van der Waals surface area (Å²) in [5.74, 6) is -0.536. The summed E-state index contributed by atoms with van der Waals surface area (Å²) in [7, 11) is -3.80. The molecule has 0 spiro atoms. The second kappa shape index (κ2) is 6.70. The molecule has 0 aliphatic rings. The molecule has 8 heteroatoms. The minimum absolute atomic E-state index is 0.218. The first-order valence-electron chi connectivity index (χ1n) is 8.04. The number of carbonyl (C=O) groups is 1. The first-order chi connectivity index (χ1) is 11.8. The summed E-state index contributed by atoms with van der Waals surface area (Å²) < 4.78 is 28.8. The molecule has 1 heterocycles. The molecule has 0 radical (unpaired) electrons. The number of benzene rings is 1. The number of halogens is 1. The zero-order chi connectivity index (χ0) is 19.9. The van der Waals surface area contributed by atoms with Crippen LogP contribution in [0.1, 0.15) is 45.9 Å². The topological polar surface area (TPSA) is 103 Å². The maximum atomic E-state index is 12.6. The molecular weight excluding hydrogens is 376 g/mol. The van der Waals surface area contributed by atoms with Gasteiger partial charge in [0.25, 0.3) is 0 Å². The Morgan fingerprint density at radius 2 is 1.81 bits per heavy atom. The Kier molecular flexibility index (Phi) is 5.27. The average Bonchev–Trinajstić information content (AvgIpc) is 2.98. The van der Waals surface area contributed by atoms with Crippen molar-refractivity contribution in [2.45, 2.75) is 50.5 Å². The molecule has 2 aromatic rings. The van der Waals surface area contributed by atoms with Gasteiger partial charge in [0.15, 0.2) is 9.84 Å².